The van der Waals surface area contributed by atoms with E-state index in [2.05, 4.69) is 63.0 Å². The standard InChI is InChI=1S/C17H24NO/c1-11-8-12(2)16-13(3)15(11)10-19-17(16)14-6-5-7-18(4)9-14/h5-9,11,13,15-17H,10H2,1-4H3/q+1/t11-,13+,15+,16+,17+/m0/s1. The number of aromatic nitrogens is 1. The minimum Gasteiger partial charge on any atom is -0.372 e. The Hall–Kier alpha value is -1.15. The first-order valence-corrected chi connectivity index (χ1v) is 7.33. The van der Waals surface area contributed by atoms with Crippen molar-refractivity contribution < 1.29 is 9.30 Å². The third-order valence-corrected chi connectivity index (χ3v) is 5.05. The van der Waals surface area contributed by atoms with E-state index in [1.54, 1.807) is 0 Å². The smallest absolute Gasteiger partial charge is 0.174 e. The normalized spacial score (nSPS) is 37.9. The molecule has 2 heterocycles. The molecule has 0 spiro atoms. The van der Waals surface area contributed by atoms with Crippen LogP contribution in [0.25, 0.3) is 0 Å². The zero-order chi connectivity index (χ0) is 13.6. The molecule has 2 aliphatic rings. The topological polar surface area (TPSA) is 13.1 Å². The molecular formula is C17H24NO+. The molecule has 1 aromatic rings. The van der Waals surface area contributed by atoms with E-state index < -0.39 is 0 Å². The molecule has 1 aliphatic heterocycles. The third kappa shape index (κ3) is 2.12. The third-order valence-electron chi connectivity index (χ3n) is 5.05. The van der Waals surface area contributed by atoms with Gasteiger partial charge < -0.3 is 4.74 Å². The summed E-state index contributed by atoms with van der Waals surface area (Å²) in [5.74, 6) is 2.59. The number of allylic oxidation sites excluding steroid dienone is 1. The molecule has 3 rings (SSSR count). The van der Waals surface area contributed by atoms with Crippen LogP contribution in [0.3, 0.4) is 0 Å². The molecule has 1 fully saturated rings. The van der Waals surface area contributed by atoms with Gasteiger partial charge in [-0.25, -0.2) is 4.57 Å². The molecule has 1 aliphatic carbocycles. The van der Waals surface area contributed by atoms with Crippen molar-refractivity contribution in [1.82, 2.24) is 0 Å². The van der Waals surface area contributed by atoms with Crippen LogP contribution < -0.4 is 4.57 Å². The molecule has 0 amide bonds. The molecule has 0 unspecified atom stereocenters. The van der Waals surface area contributed by atoms with Gasteiger partial charge in [-0.15, -0.1) is 0 Å². The second-order valence-electron chi connectivity index (χ2n) is 6.38. The Morgan fingerprint density at radius 1 is 1.32 bits per heavy atom. The van der Waals surface area contributed by atoms with Gasteiger partial charge in [0.25, 0.3) is 0 Å². The van der Waals surface area contributed by atoms with Crippen molar-refractivity contribution in [2.24, 2.45) is 30.7 Å². The number of fused-ring (bicyclic) bond motifs is 2. The molecule has 2 nitrogen and oxygen atoms in total. The molecule has 0 N–H and O–H groups in total. The summed E-state index contributed by atoms with van der Waals surface area (Å²) >= 11 is 0. The number of rotatable bonds is 1. The number of nitrogens with zero attached hydrogens (tertiary/aromatic N) is 1. The summed E-state index contributed by atoms with van der Waals surface area (Å²) in [5, 5.41) is 0. The number of aryl methyl sites for hydroxylation is 1. The van der Waals surface area contributed by atoms with Crippen LogP contribution in [0, 0.1) is 23.7 Å². The van der Waals surface area contributed by atoms with Crippen LogP contribution in [0.1, 0.15) is 32.4 Å². The van der Waals surface area contributed by atoms with Crippen LogP contribution in [0.15, 0.2) is 36.2 Å². The average molecular weight is 258 g/mol. The summed E-state index contributed by atoms with van der Waals surface area (Å²) in [6.07, 6.45) is 6.96. The molecular weight excluding hydrogens is 234 g/mol. The van der Waals surface area contributed by atoms with E-state index in [9.17, 15) is 0 Å². The van der Waals surface area contributed by atoms with Crippen molar-refractivity contribution in [3.63, 3.8) is 0 Å². The van der Waals surface area contributed by atoms with Gasteiger partial charge in [0.2, 0.25) is 0 Å². The highest BCUT2D eigenvalue weighted by atomic mass is 16.5. The fourth-order valence-corrected chi connectivity index (χ4v) is 4.03. The van der Waals surface area contributed by atoms with E-state index in [1.807, 2.05) is 0 Å². The van der Waals surface area contributed by atoms with Gasteiger partial charge in [-0.1, -0.05) is 25.5 Å². The Balaban J connectivity index is 1.98. The maximum Gasteiger partial charge on any atom is 0.174 e. The van der Waals surface area contributed by atoms with Gasteiger partial charge >= 0.3 is 0 Å². The number of hydrogen-bond donors (Lipinski definition) is 0. The van der Waals surface area contributed by atoms with E-state index in [1.165, 1.54) is 11.1 Å². The van der Waals surface area contributed by atoms with Crippen molar-refractivity contribution in [1.29, 1.82) is 0 Å². The minimum atomic E-state index is 0.224. The molecule has 2 bridgehead atoms. The lowest BCUT2D eigenvalue weighted by Crippen LogP contribution is -2.43. The predicted octanol–water partition coefficient (Wildman–Crippen LogP) is 3.05. The van der Waals surface area contributed by atoms with Gasteiger partial charge in [0.05, 0.1) is 12.7 Å². The highest BCUT2D eigenvalue weighted by molar-refractivity contribution is 5.22. The van der Waals surface area contributed by atoms with Gasteiger partial charge in [0.1, 0.15) is 7.05 Å². The van der Waals surface area contributed by atoms with Crippen LogP contribution in [0.4, 0.5) is 0 Å². The molecule has 19 heavy (non-hydrogen) atoms. The van der Waals surface area contributed by atoms with Crippen molar-refractivity contribution in [3.05, 3.63) is 41.7 Å². The van der Waals surface area contributed by atoms with E-state index in [0.29, 0.717) is 23.7 Å². The lowest BCUT2D eigenvalue weighted by atomic mass is 9.65. The first-order chi connectivity index (χ1) is 9.08. The molecule has 0 radical (unpaired) electrons. The number of pyridine rings is 1. The van der Waals surface area contributed by atoms with Gasteiger partial charge in [0, 0.05) is 17.5 Å². The van der Waals surface area contributed by atoms with E-state index in [-0.39, 0.29) is 6.10 Å². The van der Waals surface area contributed by atoms with Crippen molar-refractivity contribution >= 4 is 0 Å². The second-order valence-corrected chi connectivity index (χ2v) is 6.38. The maximum atomic E-state index is 6.24. The highest BCUT2D eigenvalue weighted by Gasteiger charge is 2.44. The quantitative estimate of drug-likeness (QED) is 0.557. The molecule has 0 aromatic carbocycles. The lowest BCUT2D eigenvalue weighted by molar-refractivity contribution is -0.672. The Morgan fingerprint density at radius 3 is 2.84 bits per heavy atom. The first kappa shape index (κ1) is 12.9. The van der Waals surface area contributed by atoms with Crippen LogP contribution >= 0.6 is 0 Å². The summed E-state index contributed by atoms with van der Waals surface area (Å²) in [6.45, 7) is 7.90. The van der Waals surface area contributed by atoms with Gasteiger partial charge in [-0.2, -0.15) is 0 Å². The van der Waals surface area contributed by atoms with Crippen LogP contribution in [-0.4, -0.2) is 6.61 Å². The monoisotopic (exact) mass is 258 g/mol. The summed E-state index contributed by atoms with van der Waals surface area (Å²) in [6, 6.07) is 4.31. The molecule has 1 saturated heterocycles. The van der Waals surface area contributed by atoms with E-state index in [4.69, 9.17) is 4.74 Å². The molecule has 102 valence electrons. The maximum absolute atomic E-state index is 6.24. The van der Waals surface area contributed by atoms with Crippen molar-refractivity contribution in [2.75, 3.05) is 6.61 Å². The Bertz CT molecular complexity index is 508. The lowest BCUT2D eigenvalue weighted by Gasteiger charge is -2.47. The SMILES string of the molecule is CC1=C[C@H](C)[C@H]2CO[C@H](c3ccc[n+](C)c3)[C@H]1[C@@H]2C. The predicted molar refractivity (Wildman–Crippen MR) is 75.4 cm³/mol. The second kappa shape index (κ2) is 4.75. The Labute approximate surface area is 116 Å². The molecule has 2 heteroatoms. The van der Waals surface area contributed by atoms with Crippen LogP contribution in [0.5, 0.6) is 0 Å². The summed E-state index contributed by atoms with van der Waals surface area (Å²) in [4.78, 5) is 0. The first-order valence-electron chi connectivity index (χ1n) is 7.33. The van der Waals surface area contributed by atoms with Crippen LogP contribution in [-0.2, 0) is 11.8 Å². The minimum absolute atomic E-state index is 0.224. The number of ether oxygens (including phenoxy) is 1. The van der Waals surface area contributed by atoms with Gasteiger partial charge in [-0.3, -0.25) is 0 Å². The van der Waals surface area contributed by atoms with E-state index >= 15 is 0 Å². The summed E-state index contributed by atoms with van der Waals surface area (Å²) in [5.41, 5.74) is 2.81. The fourth-order valence-electron chi connectivity index (χ4n) is 4.03. The molecule has 5 atom stereocenters. The number of hydrogen-bond acceptors (Lipinski definition) is 1. The van der Waals surface area contributed by atoms with Crippen LogP contribution in [0.2, 0.25) is 0 Å². The fraction of sp³-hybridized carbons (Fsp3) is 0.588. The highest BCUT2D eigenvalue weighted by Crippen LogP contribution is 2.49. The average Bonchev–Trinajstić information content (AvgIpc) is 2.35. The Kier molecular flexibility index (Phi) is 3.22. The summed E-state index contributed by atoms with van der Waals surface area (Å²) < 4.78 is 8.35. The van der Waals surface area contributed by atoms with Crippen molar-refractivity contribution in [2.45, 2.75) is 26.9 Å². The summed E-state index contributed by atoms with van der Waals surface area (Å²) in [7, 11) is 2.07. The van der Waals surface area contributed by atoms with Gasteiger partial charge in [-0.05, 0) is 30.7 Å². The molecule has 0 saturated carbocycles. The van der Waals surface area contributed by atoms with E-state index in [0.717, 1.165) is 6.61 Å². The zero-order valence-electron chi connectivity index (χ0n) is 12.3. The van der Waals surface area contributed by atoms with Crippen molar-refractivity contribution in [3.8, 4) is 0 Å². The Morgan fingerprint density at radius 2 is 2.11 bits per heavy atom. The van der Waals surface area contributed by atoms with Gasteiger partial charge in [0.15, 0.2) is 12.4 Å². The zero-order valence-corrected chi connectivity index (χ0v) is 12.3. The molecule has 1 aromatic heterocycles. The largest absolute Gasteiger partial charge is 0.372 e.